The van der Waals surface area contributed by atoms with Gasteiger partial charge in [0.05, 0.1) is 7.05 Å². The molecule has 0 aliphatic rings. The van der Waals surface area contributed by atoms with Crippen LogP contribution in [0.2, 0.25) is 0 Å². The Kier molecular flexibility index (Phi) is 2.75. The number of nitrogens with two attached hydrogens (primary N) is 1. The van der Waals surface area contributed by atoms with Crippen molar-refractivity contribution in [1.82, 2.24) is 20.2 Å². The normalized spacial score (nSPS) is 13.8. The third-order valence-electron chi connectivity index (χ3n) is 1.91. The van der Waals surface area contributed by atoms with Crippen LogP contribution in [0, 0.1) is 5.92 Å². The molecule has 0 radical (unpaired) electrons. The van der Waals surface area contributed by atoms with Crippen molar-refractivity contribution in [3.05, 3.63) is 5.82 Å². The lowest BCUT2D eigenvalue weighted by molar-refractivity contribution is 0.481. The molecule has 0 bridgehead atoms. The van der Waals surface area contributed by atoms with Gasteiger partial charge in [0, 0.05) is 12.5 Å². The topological polar surface area (TPSA) is 69.6 Å². The minimum Gasteiger partial charge on any atom is -0.330 e. The lowest BCUT2D eigenvalue weighted by Gasteiger charge is -2.13. The maximum atomic E-state index is 5.60. The summed E-state index contributed by atoms with van der Waals surface area (Å²) in [5, 5.41) is 11.8. The minimum absolute atomic E-state index is 0.221. The number of aromatic nitrogens is 4. The summed E-state index contributed by atoms with van der Waals surface area (Å²) >= 11 is 0. The van der Waals surface area contributed by atoms with Crippen molar-refractivity contribution in [1.29, 1.82) is 0 Å². The third-order valence-corrected chi connectivity index (χ3v) is 1.91. The Labute approximate surface area is 71.9 Å². The summed E-state index contributed by atoms with van der Waals surface area (Å²) in [5.41, 5.74) is 5.60. The lowest BCUT2D eigenvalue weighted by Crippen LogP contribution is -2.19. The van der Waals surface area contributed by atoms with E-state index >= 15 is 0 Å². The minimum atomic E-state index is 0.221. The van der Waals surface area contributed by atoms with E-state index in [-0.39, 0.29) is 5.92 Å². The fourth-order valence-electron chi connectivity index (χ4n) is 1.12. The number of rotatable bonds is 3. The van der Waals surface area contributed by atoms with Crippen LogP contribution in [-0.2, 0) is 7.05 Å². The fourth-order valence-corrected chi connectivity index (χ4v) is 1.12. The van der Waals surface area contributed by atoms with Crippen molar-refractivity contribution >= 4 is 0 Å². The molecule has 1 aromatic heterocycles. The summed E-state index contributed by atoms with van der Waals surface area (Å²) < 4.78 is 0. The average Bonchev–Trinajstić information content (AvgIpc) is 2.37. The molecule has 5 nitrogen and oxygen atoms in total. The van der Waals surface area contributed by atoms with Crippen molar-refractivity contribution < 1.29 is 0 Å². The van der Waals surface area contributed by atoms with Crippen LogP contribution in [0.4, 0.5) is 0 Å². The zero-order valence-corrected chi connectivity index (χ0v) is 7.73. The quantitative estimate of drug-likeness (QED) is 0.686. The number of tetrazole rings is 1. The van der Waals surface area contributed by atoms with Crippen LogP contribution < -0.4 is 5.73 Å². The Morgan fingerprint density at radius 3 is 2.50 bits per heavy atom. The molecule has 0 saturated heterocycles. The van der Waals surface area contributed by atoms with Crippen LogP contribution in [0.25, 0.3) is 0 Å². The monoisotopic (exact) mass is 169 g/mol. The molecule has 12 heavy (non-hydrogen) atoms. The van der Waals surface area contributed by atoms with Gasteiger partial charge in [-0.05, 0) is 11.1 Å². The zero-order chi connectivity index (χ0) is 9.14. The van der Waals surface area contributed by atoms with Gasteiger partial charge in [0.2, 0.25) is 0 Å². The van der Waals surface area contributed by atoms with Gasteiger partial charge in [-0.1, -0.05) is 13.8 Å². The molecule has 1 atom stereocenters. The van der Waals surface area contributed by atoms with Gasteiger partial charge in [0.25, 0.3) is 0 Å². The maximum absolute atomic E-state index is 5.60. The highest BCUT2D eigenvalue weighted by Crippen LogP contribution is 2.18. The summed E-state index contributed by atoms with van der Waals surface area (Å²) in [5.74, 6) is 1.42. The van der Waals surface area contributed by atoms with Gasteiger partial charge in [0.1, 0.15) is 0 Å². The van der Waals surface area contributed by atoms with Crippen LogP contribution in [-0.4, -0.2) is 26.8 Å². The first-order valence-electron chi connectivity index (χ1n) is 4.09. The van der Waals surface area contributed by atoms with Crippen molar-refractivity contribution in [3.63, 3.8) is 0 Å². The summed E-state index contributed by atoms with van der Waals surface area (Å²) in [4.78, 5) is 1.46. The molecule has 0 fully saturated rings. The molecule has 0 aliphatic carbocycles. The van der Waals surface area contributed by atoms with Crippen molar-refractivity contribution in [3.8, 4) is 0 Å². The van der Waals surface area contributed by atoms with Crippen molar-refractivity contribution in [2.45, 2.75) is 19.8 Å². The average molecular weight is 169 g/mol. The van der Waals surface area contributed by atoms with Gasteiger partial charge < -0.3 is 5.73 Å². The van der Waals surface area contributed by atoms with E-state index in [1.807, 2.05) is 0 Å². The molecule has 0 spiro atoms. The maximum Gasteiger partial charge on any atom is 0.179 e. The second kappa shape index (κ2) is 3.62. The highest BCUT2D eigenvalue weighted by Gasteiger charge is 2.18. The van der Waals surface area contributed by atoms with E-state index in [1.165, 1.54) is 4.80 Å². The molecule has 5 heteroatoms. The SMILES string of the molecule is CC(C)C(CN)c1nnn(C)n1. The number of hydrogen-bond acceptors (Lipinski definition) is 4. The highest BCUT2D eigenvalue weighted by molar-refractivity contribution is 4.93. The Morgan fingerprint density at radius 2 is 2.17 bits per heavy atom. The molecule has 1 unspecified atom stereocenters. The number of hydrogen-bond donors (Lipinski definition) is 1. The third kappa shape index (κ3) is 1.79. The van der Waals surface area contributed by atoms with Gasteiger partial charge in [0.15, 0.2) is 5.82 Å². The summed E-state index contributed by atoms with van der Waals surface area (Å²) in [6.45, 7) is 4.78. The molecular weight excluding hydrogens is 154 g/mol. The molecule has 0 aromatic carbocycles. The van der Waals surface area contributed by atoms with Crippen LogP contribution >= 0.6 is 0 Å². The van der Waals surface area contributed by atoms with Crippen LogP contribution in [0.3, 0.4) is 0 Å². The molecular formula is C7H15N5. The van der Waals surface area contributed by atoms with Crippen LogP contribution in [0.1, 0.15) is 25.6 Å². The smallest absolute Gasteiger partial charge is 0.179 e. The van der Waals surface area contributed by atoms with E-state index in [0.29, 0.717) is 12.5 Å². The Morgan fingerprint density at radius 1 is 1.50 bits per heavy atom. The first kappa shape index (κ1) is 9.12. The second-order valence-electron chi connectivity index (χ2n) is 3.22. The Bertz CT molecular complexity index is 242. The summed E-state index contributed by atoms with van der Waals surface area (Å²) in [7, 11) is 1.75. The molecule has 0 aliphatic heterocycles. The standard InChI is InChI=1S/C7H15N5/c1-5(2)6(4-8)7-9-11-12(3)10-7/h5-6H,4,8H2,1-3H3. The van der Waals surface area contributed by atoms with Gasteiger partial charge in [-0.2, -0.15) is 4.80 Å². The van der Waals surface area contributed by atoms with Crippen molar-refractivity contribution in [2.75, 3.05) is 6.54 Å². The van der Waals surface area contributed by atoms with Crippen LogP contribution in [0.15, 0.2) is 0 Å². The number of aryl methyl sites for hydroxylation is 1. The van der Waals surface area contributed by atoms with Gasteiger partial charge in [-0.15, -0.1) is 10.2 Å². The first-order chi connectivity index (χ1) is 5.65. The van der Waals surface area contributed by atoms with E-state index in [1.54, 1.807) is 7.05 Å². The van der Waals surface area contributed by atoms with Crippen LogP contribution in [0.5, 0.6) is 0 Å². The zero-order valence-electron chi connectivity index (χ0n) is 7.73. The predicted molar refractivity (Wildman–Crippen MR) is 45.4 cm³/mol. The summed E-state index contributed by atoms with van der Waals surface area (Å²) in [6.07, 6.45) is 0. The fraction of sp³-hybridized carbons (Fsp3) is 0.857. The Hall–Kier alpha value is -0.970. The predicted octanol–water partition coefficient (Wildman–Crippen LogP) is -0.0916. The summed E-state index contributed by atoms with van der Waals surface area (Å²) in [6, 6.07) is 0. The van der Waals surface area contributed by atoms with E-state index in [0.717, 1.165) is 5.82 Å². The van der Waals surface area contributed by atoms with Crippen molar-refractivity contribution in [2.24, 2.45) is 18.7 Å². The Balaban J connectivity index is 2.80. The molecule has 1 rings (SSSR count). The molecule has 1 heterocycles. The van der Waals surface area contributed by atoms with Gasteiger partial charge >= 0.3 is 0 Å². The molecule has 68 valence electrons. The largest absolute Gasteiger partial charge is 0.330 e. The van der Waals surface area contributed by atoms with E-state index in [4.69, 9.17) is 5.73 Å². The number of nitrogens with zero attached hydrogens (tertiary/aromatic N) is 4. The first-order valence-corrected chi connectivity index (χ1v) is 4.09. The lowest BCUT2D eigenvalue weighted by atomic mass is 9.96. The highest BCUT2D eigenvalue weighted by atomic mass is 15.6. The van der Waals surface area contributed by atoms with E-state index in [2.05, 4.69) is 29.3 Å². The molecule has 1 aromatic rings. The second-order valence-corrected chi connectivity index (χ2v) is 3.22. The molecule has 0 amide bonds. The molecule has 2 N–H and O–H groups in total. The van der Waals surface area contributed by atoms with Gasteiger partial charge in [-0.3, -0.25) is 0 Å². The van der Waals surface area contributed by atoms with Gasteiger partial charge in [-0.25, -0.2) is 0 Å². The van der Waals surface area contributed by atoms with E-state index < -0.39 is 0 Å². The van der Waals surface area contributed by atoms with E-state index in [9.17, 15) is 0 Å². The molecule has 0 saturated carbocycles.